The number of phenols is 1. The Kier molecular flexibility index (Phi) is 3.82. The number of benzene rings is 1. The number of nitro benzene ring substituents is 1. The lowest BCUT2D eigenvalue weighted by Gasteiger charge is -2.05. The summed E-state index contributed by atoms with van der Waals surface area (Å²) in [6.07, 6.45) is 0. The molecule has 2 aromatic rings. The third-order valence-corrected chi connectivity index (χ3v) is 3.76. The minimum absolute atomic E-state index is 0.0372. The van der Waals surface area contributed by atoms with Crippen molar-refractivity contribution < 1.29 is 14.8 Å². The Bertz CT molecular complexity index is 656. The lowest BCUT2D eigenvalue weighted by atomic mass is 10.2. The maximum absolute atomic E-state index is 11.9. The van der Waals surface area contributed by atoms with E-state index in [2.05, 4.69) is 21.2 Å². The molecule has 2 N–H and O–H groups in total. The predicted molar refractivity (Wildman–Crippen MR) is 74.7 cm³/mol. The van der Waals surface area contributed by atoms with Gasteiger partial charge in [-0.3, -0.25) is 14.9 Å². The summed E-state index contributed by atoms with van der Waals surface area (Å²) in [7, 11) is 0. The van der Waals surface area contributed by atoms with Gasteiger partial charge in [-0.1, -0.05) is 0 Å². The first kappa shape index (κ1) is 13.5. The number of thiophene rings is 1. The van der Waals surface area contributed by atoms with E-state index in [4.69, 9.17) is 0 Å². The number of nitrogens with zero attached hydrogens (tertiary/aromatic N) is 1. The van der Waals surface area contributed by atoms with Crippen LogP contribution in [0.5, 0.6) is 5.75 Å². The summed E-state index contributed by atoms with van der Waals surface area (Å²) < 4.78 is 0.790. The molecule has 1 aromatic heterocycles. The molecule has 1 aromatic carbocycles. The van der Waals surface area contributed by atoms with Gasteiger partial charge in [0.1, 0.15) is 11.4 Å². The molecule has 8 heteroatoms. The standard InChI is InChI=1S/C11H7BrN2O4S/c12-10-3-6(5-19-10)11(16)13-8-2-1-7(15)4-9(8)14(17)18/h1-5,15H,(H,13,16). The minimum atomic E-state index is -0.668. The normalized spacial score (nSPS) is 10.2. The van der Waals surface area contributed by atoms with E-state index < -0.39 is 10.8 Å². The highest BCUT2D eigenvalue weighted by Crippen LogP contribution is 2.29. The summed E-state index contributed by atoms with van der Waals surface area (Å²) in [6.45, 7) is 0. The monoisotopic (exact) mass is 342 g/mol. The quantitative estimate of drug-likeness (QED) is 0.508. The zero-order valence-electron chi connectivity index (χ0n) is 9.29. The number of phenolic OH excluding ortho intramolecular Hbond substituents is 1. The van der Waals surface area contributed by atoms with Crippen molar-refractivity contribution in [1.29, 1.82) is 0 Å². The Morgan fingerprint density at radius 2 is 2.16 bits per heavy atom. The van der Waals surface area contributed by atoms with E-state index in [0.29, 0.717) is 5.56 Å². The van der Waals surface area contributed by atoms with Gasteiger partial charge < -0.3 is 10.4 Å². The van der Waals surface area contributed by atoms with E-state index in [9.17, 15) is 20.0 Å². The number of halogens is 1. The van der Waals surface area contributed by atoms with Crippen LogP contribution in [0.4, 0.5) is 11.4 Å². The fourth-order valence-electron chi connectivity index (χ4n) is 1.40. The maximum atomic E-state index is 11.9. The summed E-state index contributed by atoms with van der Waals surface area (Å²) in [6, 6.07) is 5.16. The molecule has 1 heterocycles. The second kappa shape index (κ2) is 5.37. The number of carbonyl (C=O) groups excluding carboxylic acids is 1. The van der Waals surface area contributed by atoms with Crippen LogP contribution in [0.2, 0.25) is 0 Å². The molecule has 19 heavy (non-hydrogen) atoms. The van der Waals surface area contributed by atoms with Crippen molar-refractivity contribution in [2.24, 2.45) is 0 Å². The van der Waals surface area contributed by atoms with Crippen molar-refractivity contribution in [1.82, 2.24) is 0 Å². The molecule has 0 spiro atoms. The van der Waals surface area contributed by atoms with E-state index in [0.717, 1.165) is 9.85 Å². The van der Waals surface area contributed by atoms with Crippen LogP contribution in [-0.4, -0.2) is 15.9 Å². The molecule has 0 fully saturated rings. The highest BCUT2D eigenvalue weighted by atomic mass is 79.9. The van der Waals surface area contributed by atoms with Crippen molar-refractivity contribution in [3.63, 3.8) is 0 Å². The molecule has 0 saturated heterocycles. The average molecular weight is 343 g/mol. The maximum Gasteiger partial charge on any atom is 0.296 e. The van der Waals surface area contributed by atoms with E-state index in [1.807, 2.05) is 0 Å². The molecule has 6 nitrogen and oxygen atoms in total. The van der Waals surface area contributed by atoms with Crippen LogP contribution in [0.25, 0.3) is 0 Å². The van der Waals surface area contributed by atoms with Crippen LogP contribution in [0.1, 0.15) is 10.4 Å². The molecule has 0 unspecified atom stereocenters. The van der Waals surface area contributed by atoms with Crippen molar-refractivity contribution in [3.8, 4) is 5.75 Å². The molecule has 0 aliphatic heterocycles. The van der Waals surface area contributed by atoms with Gasteiger partial charge in [-0.15, -0.1) is 11.3 Å². The van der Waals surface area contributed by atoms with Crippen LogP contribution < -0.4 is 5.32 Å². The largest absolute Gasteiger partial charge is 0.508 e. The summed E-state index contributed by atoms with van der Waals surface area (Å²) >= 11 is 4.57. The fourth-order valence-corrected chi connectivity index (χ4v) is 2.54. The van der Waals surface area contributed by atoms with Crippen LogP contribution in [0, 0.1) is 10.1 Å². The van der Waals surface area contributed by atoms with Crippen LogP contribution in [0.15, 0.2) is 33.4 Å². The second-order valence-corrected chi connectivity index (χ2v) is 5.84. The van der Waals surface area contributed by atoms with Crippen molar-refractivity contribution in [3.05, 3.63) is 49.1 Å². The first-order valence-electron chi connectivity index (χ1n) is 5.00. The Morgan fingerprint density at radius 3 is 2.74 bits per heavy atom. The molecule has 0 aliphatic carbocycles. The lowest BCUT2D eigenvalue weighted by Crippen LogP contribution is -2.12. The molecule has 0 atom stereocenters. The lowest BCUT2D eigenvalue weighted by molar-refractivity contribution is -0.384. The fraction of sp³-hybridized carbons (Fsp3) is 0. The molecule has 98 valence electrons. The Hall–Kier alpha value is -1.93. The van der Waals surface area contributed by atoms with E-state index in [-0.39, 0.29) is 17.1 Å². The third-order valence-electron chi connectivity index (χ3n) is 2.26. The highest BCUT2D eigenvalue weighted by Gasteiger charge is 2.18. The van der Waals surface area contributed by atoms with Gasteiger partial charge in [0.15, 0.2) is 0 Å². The number of nitro groups is 1. The van der Waals surface area contributed by atoms with E-state index >= 15 is 0 Å². The van der Waals surface area contributed by atoms with Gasteiger partial charge >= 0.3 is 0 Å². The number of carbonyl (C=O) groups is 1. The number of anilines is 1. The first-order valence-corrected chi connectivity index (χ1v) is 6.67. The number of aromatic hydroxyl groups is 1. The SMILES string of the molecule is O=C(Nc1ccc(O)cc1[N+](=O)[O-])c1csc(Br)c1. The molecule has 0 bridgehead atoms. The van der Waals surface area contributed by atoms with Gasteiger partial charge in [-0.25, -0.2) is 0 Å². The van der Waals surface area contributed by atoms with Crippen molar-refractivity contribution in [2.45, 2.75) is 0 Å². The summed E-state index contributed by atoms with van der Waals surface area (Å²) in [5.74, 6) is -0.682. The van der Waals surface area contributed by atoms with Crippen LogP contribution >= 0.6 is 27.3 Å². The summed E-state index contributed by atoms with van der Waals surface area (Å²) in [5, 5.41) is 24.1. The number of nitrogens with one attached hydrogen (secondary N) is 1. The topological polar surface area (TPSA) is 92.5 Å². The molecule has 0 saturated carbocycles. The first-order chi connectivity index (χ1) is 8.97. The Labute approximate surface area is 120 Å². The average Bonchev–Trinajstić information content (AvgIpc) is 2.78. The Balaban J connectivity index is 2.28. The number of amides is 1. The predicted octanol–water partition coefficient (Wildman–Crippen LogP) is 3.38. The Morgan fingerprint density at radius 1 is 1.42 bits per heavy atom. The molecule has 1 amide bonds. The molecular formula is C11H7BrN2O4S. The zero-order valence-corrected chi connectivity index (χ0v) is 11.7. The smallest absolute Gasteiger partial charge is 0.296 e. The number of rotatable bonds is 3. The summed E-state index contributed by atoms with van der Waals surface area (Å²) in [4.78, 5) is 22.0. The van der Waals surface area contributed by atoms with Gasteiger partial charge in [0.05, 0.1) is 20.3 Å². The van der Waals surface area contributed by atoms with Crippen molar-refractivity contribution in [2.75, 3.05) is 5.32 Å². The van der Waals surface area contributed by atoms with E-state index in [1.165, 1.54) is 23.5 Å². The zero-order chi connectivity index (χ0) is 14.0. The van der Waals surface area contributed by atoms with Gasteiger partial charge in [0.2, 0.25) is 0 Å². The van der Waals surface area contributed by atoms with Crippen molar-refractivity contribution >= 4 is 44.5 Å². The van der Waals surface area contributed by atoms with Gasteiger partial charge in [0, 0.05) is 5.38 Å². The molecule has 0 radical (unpaired) electrons. The third kappa shape index (κ3) is 3.09. The summed E-state index contributed by atoms with van der Waals surface area (Å²) in [5.41, 5.74) is 0.0806. The number of hydrogen-bond donors (Lipinski definition) is 2. The van der Waals surface area contributed by atoms with Crippen LogP contribution in [-0.2, 0) is 0 Å². The highest BCUT2D eigenvalue weighted by molar-refractivity contribution is 9.11. The second-order valence-electron chi connectivity index (χ2n) is 3.55. The minimum Gasteiger partial charge on any atom is -0.508 e. The van der Waals surface area contributed by atoms with E-state index in [1.54, 1.807) is 11.4 Å². The van der Waals surface area contributed by atoms with Crippen LogP contribution in [0.3, 0.4) is 0 Å². The molecule has 2 rings (SSSR count). The molecular weight excluding hydrogens is 336 g/mol. The van der Waals surface area contributed by atoms with Gasteiger partial charge in [0.25, 0.3) is 11.6 Å². The number of hydrogen-bond acceptors (Lipinski definition) is 5. The molecule has 0 aliphatic rings. The van der Waals surface area contributed by atoms with Gasteiger partial charge in [-0.2, -0.15) is 0 Å². The van der Waals surface area contributed by atoms with Gasteiger partial charge in [-0.05, 0) is 34.1 Å².